The third kappa shape index (κ3) is 3.30. The van der Waals surface area contributed by atoms with Crippen LogP contribution in [-0.4, -0.2) is 7.11 Å². The molecule has 3 rings (SSSR count). The highest BCUT2D eigenvalue weighted by molar-refractivity contribution is 9.09. The average molecular weight is 361 g/mol. The molecular formula is C18H17BrOS. The van der Waals surface area contributed by atoms with Crippen LogP contribution < -0.4 is 4.74 Å². The maximum absolute atomic E-state index is 5.19. The Morgan fingerprint density at radius 2 is 1.86 bits per heavy atom. The highest BCUT2D eigenvalue weighted by Crippen LogP contribution is 2.37. The molecule has 0 saturated heterocycles. The third-order valence-corrected chi connectivity index (χ3v) is 5.63. The molecule has 1 heterocycles. The largest absolute Gasteiger partial charge is 0.497 e. The second-order valence-electron chi connectivity index (χ2n) is 5.04. The maximum atomic E-state index is 5.19. The van der Waals surface area contributed by atoms with Crippen molar-refractivity contribution in [2.45, 2.75) is 17.7 Å². The summed E-state index contributed by atoms with van der Waals surface area (Å²) in [6.07, 6.45) is 2.15. The van der Waals surface area contributed by atoms with E-state index < -0.39 is 0 Å². The van der Waals surface area contributed by atoms with E-state index in [9.17, 15) is 0 Å². The van der Waals surface area contributed by atoms with Gasteiger partial charge >= 0.3 is 0 Å². The Hall–Kier alpha value is -1.32. The normalized spacial score (nSPS) is 12.5. The van der Waals surface area contributed by atoms with Crippen LogP contribution in [-0.2, 0) is 6.42 Å². The molecule has 1 nitrogen and oxygen atoms in total. The Morgan fingerprint density at radius 3 is 2.62 bits per heavy atom. The summed E-state index contributed by atoms with van der Waals surface area (Å²) in [5, 5.41) is 3.65. The summed E-state index contributed by atoms with van der Waals surface area (Å²) in [7, 11) is 1.70. The van der Waals surface area contributed by atoms with E-state index in [1.165, 1.54) is 21.2 Å². The van der Waals surface area contributed by atoms with E-state index in [2.05, 4.69) is 57.7 Å². The Balaban J connectivity index is 1.69. The lowest BCUT2D eigenvalue weighted by atomic mass is 10.0. The van der Waals surface area contributed by atoms with Gasteiger partial charge in [-0.1, -0.05) is 46.3 Å². The van der Waals surface area contributed by atoms with Crippen LogP contribution in [0.4, 0.5) is 0 Å². The van der Waals surface area contributed by atoms with Gasteiger partial charge in [-0.25, -0.2) is 0 Å². The van der Waals surface area contributed by atoms with Crippen molar-refractivity contribution < 1.29 is 4.74 Å². The Bertz CT molecular complexity index is 717. The fourth-order valence-electron chi connectivity index (χ4n) is 2.48. The molecule has 2 aromatic carbocycles. The molecule has 0 radical (unpaired) electrons. The summed E-state index contributed by atoms with van der Waals surface area (Å²) < 4.78 is 6.56. The molecule has 0 amide bonds. The van der Waals surface area contributed by atoms with E-state index in [0.29, 0.717) is 4.83 Å². The van der Waals surface area contributed by atoms with E-state index in [-0.39, 0.29) is 0 Å². The standard InChI is InChI=1S/C18H17BrOS/c1-20-14-9-6-13(7-10-14)8-11-17(19)16-12-21-18-5-3-2-4-15(16)18/h2-7,9-10,12,17H,8,11H2,1H3. The van der Waals surface area contributed by atoms with Crippen molar-refractivity contribution >= 4 is 37.4 Å². The molecule has 0 aliphatic heterocycles. The third-order valence-electron chi connectivity index (χ3n) is 3.69. The first-order valence-corrected chi connectivity index (χ1v) is 8.80. The number of halogens is 1. The molecular weight excluding hydrogens is 344 g/mol. The van der Waals surface area contributed by atoms with Gasteiger partial charge in [0.2, 0.25) is 0 Å². The molecule has 0 bridgehead atoms. The molecule has 0 N–H and O–H groups in total. The summed E-state index contributed by atoms with van der Waals surface area (Å²) in [5.74, 6) is 0.915. The Labute approximate surface area is 137 Å². The highest BCUT2D eigenvalue weighted by atomic mass is 79.9. The summed E-state index contributed by atoms with van der Waals surface area (Å²) in [6.45, 7) is 0. The lowest BCUT2D eigenvalue weighted by Gasteiger charge is -2.09. The van der Waals surface area contributed by atoms with Crippen LogP contribution in [0, 0.1) is 0 Å². The number of aryl methyl sites for hydroxylation is 1. The molecule has 3 heteroatoms. The molecule has 0 saturated carbocycles. The molecule has 108 valence electrons. The van der Waals surface area contributed by atoms with E-state index in [0.717, 1.165) is 18.6 Å². The van der Waals surface area contributed by atoms with Gasteiger partial charge in [0, 0.05) is 9.53 Å². The molecule has 21 heavy (non-hydrogen) atoms. The first-order chi connectivity index (χ1) is 10.3. The monoisotopic (exact) mass is 360 g/mol. The van der Waals surface area contributed by atoms with Crippen molar-refractivity contribution in [3.8, 4) is 5.75 Å². The first kappa shape index (κ1) is 14.6. The van der Waals surface area contributed by atoms with Gasteiger partial charge in [-0.3, -0.25) is 0 Å². The number of hydrogen-bond acceptors (Lipinski definition) is 2. The molecule has 0 fully saturated rings. The van der Waals surface area contributed by atoms with Gasteiger partial charge in [0.05, 0.1) is 7.11 Å². The second-order valence-corrected chi connectivity index (χ2v) is 7.06. The lowest BCUT2D eigenvalue weighted by molar-refractivity contribution is 0.414. The lowest BCUT2D eigenvalue weighted by Crippen LogP contribution is -1.93. The number of fused-ring (bicyclic) bond motifs is 1. The average Bonchev–Trinajstić information content (AvgIpc) is 2.97. The van der Waals surface area contributed by atoms with Crippen molar-refractivity contribution in [1.82, 2.24) is 0 Å². The van der Waals surface area contributed by atoms with Gasteiger partial charge in [-0.05, 0) is 52.9 Å². The minimum Gasteiger partial charge on any atom is -0.497 e. The van der Waals surface area contributed by atoms with Crippen LogP contribution >= 0.6 is 27.3 Å². The van der Waals surface area contributed by atoms with Crippen LogP contribution in [0.3, 0.4) is 0 Å². The van der Waals surface area contributed by atoms with E-state index in [4.69, 9.17) is 4.74 Å². The minimum atomic E-state index is 0.399. The van der Waals surface area contributed by atoms with Gasteiger partial charge in [-0.2, -0.15) is 0 Å². The number of rotatable bonds is 5. The van der Waals surface area contributed by atoms with Crippen molar-refractivity contribution in [1.29, 1.82) is 0 Å². The van der Waals surface area contributed by atoms with Gasteiger partial charge in [0.25, 0.3) is 0 Å². The fourth-order valence-corrected chi connectivity index (χ4v) is 4.28. The molecule has 1 atom stereocenters. The highest BCUT2D eigenvalue weighted by Gasteiger charge is 2.12. The molecule has 0 spiro atoms. The van der Waals surface area contributed by atoms with Gasteiger partial charge in [0.15, 0.2) is 0 Å². The second kappa shape index (κ2) is 6.63. The summed E-state index contributed by atoms with van der Waals surface area (Å²) in [5.41, 5.74) is 2.75. The van der Waals surface area contributed by atoms with Gasteiger partial charge < -0.3 is 4.74 Å². The molecule has 3 aromatic rings. The quantitative estimate of drug-likeness (QED) is 0.508. The predicted octanol–water partition coefficient (Wildman–Crippen LogP) is 5.98. The predicted molar refractivity (Wildman–Crippen MR) is 94.8 cm³/mol. The van der Waals surface area contributed by atoms with Crippen molar-refractivity contribution in [3.05, 3.63) is 65.0 Å². The number of hydrogen-bond donors (Lipinski definition) is 0. The zero-order chi connectivity index (χ0) is 14.7. The summed E-state index contributed by atoms with van der Waals surface area (Å²) in [4.78, 5) is 0.399. The van der Waals surface area contributed by atoms with Crippen molar-refractivity contribution in [2.24, 2.45) is 0 Å². The van der Waals surface area contributed by atoms with Gasteiger partial charge in [0.1, 0.15) is 5.75 Å². The molecule has 0 aliphatic rings. The zero-order valence-corrected chi connectivity index (χ0v) is 14.3. The van der Waals surface area contributed by atoms with Crippen LogP contribution in [0.5, 0.6) is 5.75 Å². The SMILES string of the molecule is COc1ccc(CCC(Br)c2csc3ccccc23)cc1. The molecule has 1 unspecified atom stereocenters. The van der Waals surface area contributed by atoms with E-state index in [1.807, 2.05) is 23.5 Å². The number of benzene rings is 2. The van der Waals surface area contributed by atoms with E-state index in [1.54, 1.807) is 7.11 Å². The van der Waals surface area contributed by atoms with Gasteiger partial charge in [-0.15, -0.1) is 11.3 Å². The summed E-state index contributed by atoms with van der Waals surface area (Å²) in [6, 6.07) is 17.0. The first-order valence-electron chi connectivity index (χ1n) is 7.01. The summed E-state index contributed by atoms with van der Waals surface area (Å²) >= 11 is 5.68. The zero-order valence-electron chi connectivity index (χ0n) is 11.9. The maximum Gasteiger partial charge on any atom is 0.118 e. The Morgan fingerprint density at radius 1 is 1.10 bits per heavy atom. The molecule has 0 aliphatic carbocycles. The number of alkyl halides is 1. The van der Waals surface area contributed by atoms with E-state index >= 15 is 0 Å². The molecule has 1 aromatic heterocycles. The van der Waals surface area contributed by atoms with Crippen molar-refractivity contribution in [3.63, 3.8) is 0 Å². The van der Waals surface area contributed by atoms with Crippen LogP contribution in [0.2, 0.25) is 0 Å². The topological polar surface area (TPSA) is 9.23 Å². The minimum absolute atomic E-state index is 0.399. The Kier molecular flexibility index (Phi) is 4.61. The smallest absolute Gasteiger partial charge is 0.118 e. The number of methoxy groups -OCH3 is 1. The van der Waals surface area contributed by atoms with Crippen molar-refractivity contribution in [2.75, 3.05) is 7.11 Å². The number of ether oxygens (including phenoxy) is 1. The van der Waals surface area contributed by atoms with Crippen LogP contribution in [0.15, 0.2) is 53.9 Å². The van der Waals surface area contributed by atoms with Crippen LogP contribution in [0.1, 0.15) is 22.4 Å². The van der Waals surface area contributed by atoms with Crippen LogP contribution in [0.25, 0.3) is 10.1 Å². The number of thiophene rings is 1. The fraction of sp³-hybridized carbons (Fsp3) is 0.222.